The third kappa shape index (κ3) is 3.80. The largest absolute Gasteiger partial charge is 0.338 e. The number of amides is 1. The summed E-state index contributed by atoms with van der Waals surface area (Å²) >= 11 is 1.44. The fourth-order valence-electron chi connectivity index (χ4n) is 1.99. The van der Waals surface area contributed by atoms with Gasteiger partial charge in [-0.15, -0.1) is 16.9 Å². The van der Waals surface area contributed by atoms with Crippen LogP contribution in [0.25, 0.3) is 5.69 Å². The van der Waals surface area contributed by atoms with Crippen molar-refractivity contribution in [3.05, 3.63) is 47.9 Å². The highest BCUT2D eigenvalue weighted by Gasteiger charge is 2.17. The van der Waals surface area contributed by atoms with Crippen molar-refractivity contribution in [2.24, 2.45) is 0 Å². The molecule has 3 aromatic rings. The summed E-state index contributed by atoms with van der Waals surface area (Å²) in [4.78, 5) is 12.2. The van der Waals surface area contributed by atoms with E-state index in [4.69, 9.17) is 4.52 Å². The molecular formula is C15H16N6O2S. The molecule has 0 aliphatic heterocycles. The number of tetrazole rings is 1. The highest BCUT2D eigenvalue weighted by Crippen LogP contribution is 2.19. The summed E-state index contributed by atoms with van der Waals surface area (Å²) in [5.41, 5.74) is 1.60. The number of hydrogen-bond acceptors (Lipinski definition) is 7. The zero-order valence-corrected chi connectivity index (χ0v) is 14.0. The summed E-state index contributed by atoms with van der Waals surface area (Å²) in [5, 5.41) is 17.9. The van der Waals surface area contributed by atoms with E-state index in [2.05, 4.69) is 26.0 Å². The van der Waals surface area contributed by atoms with Crippen LogP contribution in [0.5, 0.6) is 0 Å². The van der Waals surface area contributed by atoms with Crippen LogP contribution in [0.3, 0.4) is 0 Å². The number of nitrogens with zero attached hydrogens (tertiary/aromatic N) is 5. The van der Waals surface area contributed by atoms with Gasteiger partial charge < -0.3 is 4.52 Å². The maximum atomic E-state index is 12.2. The number of aromatic nitrogens is 5. The number of nitrogens with one attached hydrogen (secondary N) is 1. The Labute approximate surface area is 142 Å². The third-order valence-electron chi connectivity index (χ3n) is 3.24. The molecule has 124 valence electrons. The second kappa shape index (κ2) is 7.26. The SMILES string of the molecule is Cc1cc(NC(=O)[C@H](C)SCc2nnnn2-c2ccccc2)on1. The molecule has 0 fully saturated rings. The number of benzene rings is 1. The van der Waals surface area contributed by atoms with Crippen molar-refractivity contribution in [1.29, 1.82) is 0 Å². The van der Waals surface area contributed by atoms with E-state index in [9.17, 15) is 4.79 Å². The smallest absolute Gasteiger partial charge is 0.239 e. The van der Waals surface area contributed by atoms with Crippen molar-refractivity contribution >= 4 is 23.6 Å². The monoisotopic (exact) mass is 344 g/mol. The van der Waals surface area contributed by atoms with E-state index in [1.54, 1.807) is 17.7 Å². The zero-order chi connectivity index (χ0) is 16.9. The molecule has 1 aromatic carbocycles. The van der Waals surface area contributed by atoms with Gasteiger partial charge >= 0.3 is 0 Å². The first-order valence-corrected chi connectivity index (χ1v) is 8.37. The van der Waals surface area contributed by atoms with Gasteiger partial charge in [0.25, 0.3) is 0 Å². The summed E-state index contributed by atoms with van der Waals surface area (Å²) in [6.07, 6.45) is 0. The van der Waals surface area contributed by atoms with Crippen LogP contribution in [-0.2, 0) is 10.5 Å². The Morgan fingerprint density at radius 1 is 1.38 bits per heavy atom. The number of hydrogen-bond donors (Lipinski definition) is 1. The molecule has 9 heteroatoms. The molecule has 1 atom stereocenters. The van der Waals surface area contributed by atoms with Gasteiger partial charge in [0.05, 0.1) is 22.4 Å². The van der Waals surface area contributed by atoms with Crippen molar-refractivity contribution < 1.29 is 9.32 Å². The first-order chi connectivity index (χ1) is 11.6. The van der Waals surface area contributed by atoms with Gasteiger partial charge in [0, 0.05) is 6.07 Å². The molecule has 0 radical (unpaired) electrons. The highest BCUT2D eigenvalue weighted by atomic mass is 32.2. The normalized spacial score (nSPS) is 12.1. The van der Waals surface area contributed by atoms with Gasteiger partial charge in [-0.25, -0.2) is 0 Å². The lowest BCUT2D eigenvalue weighted by molar-refractivity contribution is -0.115. The van der Waals surface area contributed by atoms with Gasteiger partial charge in [-0.3, -0.25) is 10.1 Å². The van der Waals surface area contributed by atoms with Gasteiger partial charge in [-0.1, -0.05) is 23.4 Å². The number of thioether (sulfide) groups is 1. The predicted octanol–water partition coefficient (Wildman–Crippen LogP) is 2.22. The molecule has 1 N–H and O–H groups in total. The molecule has 3 rings (SSSR count). The van der Waals surface area contributed by atoms with Crippen LogP contribution in [-0.4, -0.2) is 36.5 Å². The van der Waals surface area contributed by atoms with Crippen LogP contribution in [0.15, 0.2) is 40.9 Å². The van der Waals surface area contributed by atoms with Crippen molar-refractivity contribution in [3.63, 3.8) is 0 Å². The van der Waals surface area contributed by atoms with E-state index < -0.39 is 0 Å². The summed E-state index contributed by atoms with van der Waals surface area (Å²) in [5.74, 6) is 1.38. The van der Waals surface area contributed by atoms with Crippen LogP contribution >= 0.6 is 11.8 Å². The topological polar surface area (TPSA) is 98.7 Å². The molecule has 8 nitrogen and oxygen atoms in total. The van der Waals surface area contributed by atoms with E-state index >= 15 is 0 Å². The Kier molecular flexibility index (Phi) is 4.90. The van der Waals surface area contributed by atoms with Crippen LogP contribution in [0, 0.1) is 6.92 Å². The second-order valence-corrected chi connectivity index (χ2v) is 6.45. The number of carbonyl (C=O) groups is 1. The van der Waals surface area contributed by atoms with Crippen molar-refractivity contribution in [1.82, 2.24) is 25.4 Å². The molecule has 0 saturated heterocycles. The fourth-order valence-corrected chi connectivity index (χ4v) is 2.78. The average Bonchev–Trinajstić information content (AvgIpc) is 3.22. The summed E-state index contributed by atoms with van der Waals surface area (Å²) in [6.45, 7) is 3.61. The molecule has 2 heterocycles. The van der Waals surface area contributed by atoms with E-state index in [1.807, 2.05) is 37.3 Å². The van der Waals surface area contributed by atoms with Crippen molar-refractivity contribution in [2.45, 2.75) is 24.9 Å². The number of anilines is 1. The van der Waals surface area contributed by atoms with Gasteiger partial charge in [-0.2, -0.15) is 4.68 Å². The van der Waals surface area contributed by atoms with E-state index in [1.165, 1.54) is 11.8 Å². The molecule has 0 bridgehead atoms. The molecule has 0 aliphatic rings. The summed E-state index contributed by atoms with van der Waals surface area (Å²) in [6, 6.07) is 11.3. The Hall–Kier alpha value is -2.68. The lowest BCUT2D eigenvalue weighted by Gasteiger charge is -2.10. The summed E-state index contributed by atoms with van der Waals surface area (Å²) < 4.78 is 6.65. The first kappa shape index (κ1) is 16.2. The molecule has 0 saturated carbocycles. The minimum absolute atomic E-state index is 0.158. The maximum absolute atomic E-state index is 12.2. The number of para-hydroxylation sites is 1. The predicted molar refractivity (Wildman–Crippen MR) is 89.8 cm³/mol. The first-order valence-electron chi connectivity index (χ1n) is 7.32. The molecule has 0 unspecified atom stereocenters. The van der Waals surface area contributed by atoms with Gasteiger partial charge in [0.2, 0.25) is 11.8 Å². The van der Waals surface area contributed by atoms with Crippen LogP contribution < -0.4 is 5.32 Å². The Morgan fingerprint density at radius 2 is 2.17 bits per heavy atom. The molecule has 24 heavy (non-hydrogen) atoms. The molecular weight excluding hydrogens is 328 g/mol. The minimum Gasteiger partial charge on any atom is -0.338 e. The summed E-state index contributed by atoms with van der Waals surface area (Å²) in [7, 11) is 0. The number of rotatable bonds is 6. The fraction of sp³-hybridized carbons (Fsp3) is 0.267. The van der Waals surface area contributed by atoms with E-state index in [0.717, 1.165) is 5.69 Å². The van der Waals surface area contributed by atoms with Gasteiger partial charge in [0.1, 0.15) is 0 Å². The van der Waals surface area contributed by atoms with Crippen molar-refractivity contribution in [2.75, 3.05) is 5.32 Å². The Bertz CT molecular complexity index is 816. The van der Waals surface area contributed by atoms with E-state index in [0.29, 0.717) is 23.2 Å². The second-order valence-electron chi connectivity index (χ2n) is 5.12. The van der Waals surface area contributed by atoms with Crippen LogP contribution in [0.1, 0.15) is 18.4 Å². The molecule has 0 spiro atoms. The minimum atomic E-state index is -0.295. The zero-order valence-electron chi connectivity index (χ0n) is 13.2. The standard InChI is InChI=1S/C15H16N6O2S/c1-10-8-14(23-18-10)16-15(22)11(2)24-9-13-17-19-20-21(13)12-6-4-3-5-7-12/h3-8,11H,9H2,1-2H3,(H,16,22)/t11-/m0/s1. The van der Waals surface area contributed by atoms with Gasteiger partial charge in [-0.05, 0) is 36.4 Å². The molecule has 1 amide bonds. The molecule has 2 aromatic heterocycles. The quantitative estimate of drug-likeness (QED) is 0.732. The van der Waals surface area contributed by atoms with Crippen LogP contribution in [0.4, 0.5) is 5.88 Å². The third-order valence-corrected chi connectivity index (χ3v) is 4.38. The van der Waals surface area contributed by atoms with Crippen LogP contribution in [0.2, 0.25) is 0 Å². The molecule has 0 aliphatic carbocycles. The lowest BCUT2D eigenvalue weighted by atomic mass is 10.3. The number of aryl methyl sites for hydroxylation is 1. The maximum Gasteiger partial charge on any atom is 0.239 e. The Balaban J connectivity index is 1.60. The highest BCUT2D eigenvalue weighted by molar-refractivity contribution is 7.99. The number of carbonyl (C=O) groups excluding carboxylic acids is 1. The van der Waals surface area contributed by atoms with Crippen molar-refractivity contribution in [3.8, 4) is 5.69 Å². The van der Waals surface area contributed by atoms with E-state index in [-0.39, 0.29) is 11.2 Å². The Morgan fingerprint density at radius 3 is 2.88 bits per heavy atom. The van der Waals surface area contributed by atoms with Gasteiger partial charge in [0.15, 0.2) is 5.82 Å². The average molecular weight is 344 g/mol. The lowest BCUT2D eigenvalue weighted by Crippen LogP contribution is -2.22.